The molecule has 0 spiro atoms. The van der Waals surface area contributed by atoms with Gasteiger partial charge in [0.25, 0.3) is 10.2 Å². The van der Waals surface area contributed by atoms with E-state index >= 15 is 0 Å². The Morgan fingerprint density at radius 2 is 1.79 bits per heavy atom. The van der Waals surface area contributed by atoms with Crippen molar-refractivity contribution in [3.05, 3.63) is 48.5 Å². The van der Waals surface area contributed by atoms with Crippen molar-refractivity contribution in [1.29, 1.82) is 0 Å². The number of urea groups is 1. The lowest BCUT2D eigenvalue weighted by Crippen LogP contribution is -2.55. The summed E-state index contributed by atoms with van der Waals surface area (Å²) in [5.74, 6) is 0. The highest BCUT2D eigenvalue weighted by molar-refractivity contribution is 7.86. The Balaban J connectivity index is 1.55. The molecule has 1 atom stereocenters. The molecule has 1 aromatic carbocycles. The van der Waals surface area contributed by atoms with Crippen LogP contribution >= 0.6 is 0 Å². The van der Waals surface area contributed by atoms with E-state index < -0.39 is 10.2 Å². The van der Waals surface area contributed by atoms with Crippen molar-refractivity contribution in [2.75, 3.05) is 40.3 Å². The minimum Gasteiger partial charge on any atom is -0.331 e. The molecule has 9 nitrogen and oxygen atoms in total. The third-order valence-corrected chi connectivity index (χ3v) is 6.79. The van der Waals surface area contributed by atoms with E-state index in [2.05, 4.69) is 10.3 Å². The Morgan fingerprint density at radius 1 is 1.14 bits per heavy atom. The van der Waals surface area contributed by atoms with Gasteiger partial charge < -0.3 is 14.8 Å². The van der Waals surface area contributed by atoms with Crippen molar-refractivity contribution in [2.45, 2.75) is 13.0 Å². The van der Waals surface area contributed by atoms with Crippen LogP contribution in [0.1, 0.15) is 18.5 Å². The van der Waals surface area contributed by atoms with Crippen molar-refractivity contribution in [3.8, 4) is 5.69 Å². The third kappa shape index (κ3) is 4.34. The number of piperazine rings is 1. The van der Waals surface area contributed by atoms with Gasteiger partial charge in [0.1, 0.15) is 0 Å². The van der Waals surface area contributed by atoms with Gasteiger partial charge in [-0.05, 0) is 24.6 Å². The van der Waals surface area contributed by atoms with Crippen molar-refractivity contribution in [3.63, 3.8) is 0 Å². The van der Waals surface area contributed by atoms with Crippen LogP contribution in [0, 0.1) is 0 Å². The normalized spacial score (nSPS) is 16.9. The van der Waals surface area contributed by atoms with Gasteiger partial charge in [0, 0.05) is 58.4 Å². The second-order valence-corrected chi connectivity index (χ2v) is 9.05. The summed E-state index contributed by atoms with van der Waals surface area (Å²) in [6.45, 7) is 3.25. The van der Waals surface area contributed by atoms with Crippen LogP contribution in [0.15, 0.2) is 43.0 Å². The Labute approximate surface area is 165 Å². The summed E-state index contributed by atoms with van der Waals surface area (Å²) in [4.78, 5) is 18.2. The summed E-state index contributed by atoms with van der Waals surface area (Å²) < 4.78 is 28.8. The SMILES string of the molecule is CC(NC(=O)N1CCN(S(=O)(=O)N(C)C)CC1)c1ccc(-n2ccnc2)cc1. The quantitative estimate of drug-likeness (QED) is 0.804. The highest BCUT2D eigenvalue weighted by Crippen LogP contribution is 2.17. The summed E-state index contributed by atoms with van der Waals surface area (Å²) >= 11 is 0. The van der Waals surface area contributed by atoms with E-state index in [0.717, 1.165) is 11.3 Å². The minimum atomic E-state index is -3.44. The van der Waals surface area contributed by atoms with E-state index in [1.54, 1.807) is 17.4 Å². The molecule has 1 fully saturated rings. The molecule has 28 heavy (non-hydrogen) atoms. The number of amides is 2. The van der Waals surface area contributed by atoms with Gasteiger partial charge in [0.15, 0.2) is 0 Å². The number of imidazole rings is 1. The first-order valence-electron chi connectivity index (χ1n) is 9.10. The van der Waals surface area contributed by atoms with Crippen molar-refractivity contribution in [1.82, 2.24) is 28.4 Å². The van der Waals surface area contributed by atoms with Crippen LogP contribution in [-0.2, 0) is 10.2 Å². The molecule has 0 bridgehead atoms. The largest absolute Gasteiger partial charge is 0.331 e. The van der Waals surface area contributed by atoms with E-state index in [0.29, 0.717) is 26.2 Å². The number of nitrogens with one attached hydrogen (secondary N) is 1. The second-order valence-electron chi connectivity index (χ2n) is 6.91. The summed E-state index contributed by atoms with van der Waals surface area (Å²) in [7, 11) is -0.420. The van der Waals surface area contributed by atoms with Gasteiger partial charge >= 0.3 is 6.03 Å². The Kier molecular flexibility index (Phi) is 6.01. The number of benzene rings is 1. The van der Waals surface area contributed by atoms with Crippen LogP contribution in [0.25, 0.3) is 5.69 Å². The van der Waals surface area contributed by atoms with E-state index in [9.17, 15) is 13.2 Å². The van der Waals surface area contributed by atoms with Crippen LogP contribution in [0.4, 0.5) is 4.79 Å². The standard InChI is InChI=1S/C18H26N6O3S/c1-15(16-4-6-17(7-5-16)23-9-8-19-14-23)20-18(25)22-10-12-24(13-11-22)28(26,27)21(2)3/h4-9,14-15H,10-13H2,1-3H3,(H,20,25). The number of hydrogen-bond acceptors (Lipinski definition) is 4. The number of rotatable bonds is 5. The summed E-state index contributed by atoms with van der Waals surface area (Å²) in [5, 5.41) is 2.99. The zero-order valence-corrected chi connectivity index (χ0v) is 17.1. The van der Waals surface area contributed by atoms with E-state index in [-0.39, 0.29) is 12.1 Å². The molecule has 0 radical (unpaired) electrons. The van der Waals surface area contributed by atoms with Crippen LogP contribution in [0.5, 0.6) is 0 Å². The molecule has 2 aromatic rings. The molecule has 1 unspecified atom stereocenters. The van der Waals surface area contributed by atoms with Crippen LogP contribution in [-0.4, -0.2) is 77.8 Å². The smallest absolute Gasteiger partial charge is 0.317 e. The molecule has 0 aliphatic carbocycles. The van der Waals surface area contributed by atoms with Gasteiger partial charge in [-0.1, -0.05) is 12.1 Å². The van der Waals surface area contributed by atoms with Crippen LogP contribution in [0.2, 0.25) is 0 Å². The first kappa shape index (κ1) is 20.3. The highest BCUT2D eigenvalue weighted by atomic mass is 32.2. The minimum absolute atomic E-state index is 0.159. The lowest BCUT2D eigenvalue weighted by molar-refractivity contribution is 0.167. The molecule has 1 N–H and O–H groups in total. The summed E-state index contributed by atoms with van der Waals surface area (Å²) in [6.07, 6.45) is 5.33. The lowest BCUT2D eigenvalue weighted by atomic mass is 10.1. The summed E-state index contributed by atoms with van der Waals surface area (Å²) in [6, 6.07) is 7.56. The number of carbonyl (C=O) groups excluding carboxylic acids is 1. The Hall–Kier alpha value is -2.43. The number of aromatic nitrogens is 2. The predicted octanol–water partition coefficient (Wildman–Crippen LogP) is 1.07. The van der Waals surface area contributed by atoms with Gasteiger partial charge in [-0.2, -0.15) is 17.0 Å². The summed E-state index contributed by atoms with van der Waals surface area (Å²) in [5.41, 5.74) is 1.99. The monoisotopic (exact) mass is 406 g/mol. The maximum atomic E-state index is 12.5. The van der Waals surface area contributed by atoms with Gasteiger partial charge in [-0.25, -0.2) is 9.78 Å². The molecule has 0 saturated carbocycles. The number of nitrogens with zero attached hydrogens (tertiary/aromatic N) is 5. The van der Waals surface area contributed by atoms with E-state index in [1.165, 1.54) is 22.7 Å². The molecule has 1 aromatic heterocycles. The van der Waals surface area contributed by atoms with Gasteiger partial charge in [0.2, 0.25) is 0 Å². The zero-order valence-electron chi connectivity index (χ0n) is 16.3. The van der Waals surface area contributed by atoms with Crippen LogP contribution in [0.3, 0.4) is 0 Å². The third-order valence-electron chi connectivity index (χ3n) is 4.85. The first-order valence-corrected chi connectivity index (χ1v) is 10.5. The maximum Gasteiger partial charge on any atom is 0.317 e. The first-order chi connectivity index (χ1) is 13.3. The maximum absolute atomic E-state index is 12.5. The van der Waals surface area contributed by atoms with Crippen molar-refractivity contribution < 1.29 is 13.2 Å². The molecule has 152 valence electrons. The molecule has 2 amide bonds. The predicted molar refractivity (Wildman–Crippen MR) is 106 cm³/mol. The molecular weight excluding hydrogens is 380 g/mol. The average molecular weight is 407 g/mol. The fraction of sp³-hybridized carbons (Fsp3) is 0.444. The molecular formula is C18H26N6O3S. The zero-order chi connectivity index (χ0) is 20.3. The highest BCUT2D eigenvalue weighted by Gasteiger charge is 2.30. The second kappa shape index (κ2) is 8.29. The molecule has 1 aliphatic heterocycles. The average Bonchev–Trinajstić information content (AvgIpc) is 3.23. The molecule has 1 saturated heterocycles. The van der Waals surface area contributed by atoms with Gasteiger partial charge in [-0.15, -0.1) is 0 Å². The topological polar surface area (TPSA) is 90.8 Å². The molecule has 1 aliphatic rings. The van der Waals surface area contributed by atoms with Crippen molar-refractivity contribution in [2.24, 2.45) is 0 Å². The molecule has 10 heteroatoms. The fourth-order valence-electron chi connectivity index (χ4n) is 3.06. The van der Waals surface area contributed by atoms with Gasteiger partial charge in [-0.3, -0.25) is 0 Å². The van der Waals surface area contributed by atoms with E-state index in [1.807, 2.05) is 42.0 Å². The number of carbonyl (C=O) groups is 1. The fourth-order valence-corrected chi connectivity index (χ4v) is 4.15. The molecule has 3 rings (SSSR count). The Bertz CT molecular complexity index is 888. The number of hydrogen-bond donors (Lipinski definition) is 1. The van der Waals surface area contributed by atoms with Gasteiger partial charge in [0.05, 0.1) is 12.4 Å². The van der Waals surface area contributed by atoms with Crippen molar-refractivity contribution >= 4 is 16.2 Å². The Morgan fingerprint density at radius 3 is 2.32 bits per heavy atom. The molecule has 2 heterocycles. The lowest BCUT2D eigenvalue weighted by Gasteiger charge is -2.35. The van der Waals surface area contributed by atoms with E-state index in [4.69, 9.17) is 0 Å². The van der Waals surface area contributed by atoms with Crippen LogP contribution < -0.4 is 5.32 Å².